The fraction of sp³-hybridized carbons (Fsp3) is 0.267. The molecule has 0 saturated carbocycles. The fourth-order valence-electron chi connectivity index (χ4n) is 2.12. The molecule has 0 spiro atoms. The van der Waals surface area contributed by atoms with E-state index in [0.717, 1.165) is 22.8 Å². The van der Waals surface area contributed by atoms with E-state index in [1.807, 2.05) is 23.9 Å². The molecule has 0 aliphatic heterocycles. The van der Waals surface area contributed by atoms with E-state index >= 15 is 0 Å². The predicted molar refractivity (Wildman–Crippen MR) is 93.6 cm³/mol. The highest BCUT2D eigenvalue weighted by atomic mass is 32.1. The molecule has 0 aromatic carbocycles. The Morgan fingerprint density at radius 3 is 3.04 bits per heavy atom. The highest BCUT2D eigenvalue weighted by molar-refractivity contribution is 7.13. The van der Waals surface area contributed by atoms with Gasteiger partial charge in [0.2, 0.25) is 5.91 Å². The molecular weight excluding hydrogens is 330 g/mol. The molecule has 0 fully saturated rings. The number of amides is 1. The number of anilines is 1. The lowest BCUT2D eigenvalue weighted by atomic mass is 10.3. The maximum absolute atomic E-state index is 11.8. The quantitative estimate of drug-likeness (QED) is 0.689. The molecule has 0 aliphatic carbocycles. The topological polar surface area (TPSA) is 73.9 Å². The van der Waals surface area contributed by atoms with E-state index in [0.29, 0.717) is 18.1 Å². The van der Waals surface area contributed by atoms with E-state index in [1.54, 1.807) is 17.5 Å². The molecule has 8 heteroatoms. The third-order valence-electron chi connectivity index (χ3n) is 3.24. The van der Waals surface area contributed by atoms with Crippen LogP contribution in [0.3, 0.4) is 0 Å². The molecule has 0 saturated heterocycles. The van der Waals surface area contributed by atoms with Gasteiger partial charge < -0.3 is 10.2 Å². The number of thiophene rings is 1. The van der Waals surface area contributed by atoms with E-state index in [-0.39, 0.29) is 5.91 Å². The standard InChI is InChI=1S/C15H17N5OS2/c1-20(6-4-14(21)17-15-16-5-8-23-15)10-11-9-12(19-18-11)13-3-2-7-22-13/h2-3,5,7-9H,4,6,10H2,1H3,(H,18,19)(H,16,17,21). The van der Waals surface area contributed by atoms with Crippen LogP contribution in [0.1, 0.15) is 12.1 Å². The van der Waals surface area contributed by atoms with E-state index in [9.17, 15) is 4.79 Å². The summed E-state index contributed by atoms with van der Waals surface area (Å²) in [6, 6.07) is 6.12. The third-order valence-corrected chi connectivity index (χ3v) is 4.82. The van der Waals surface area contributed by atoms with Gasteiger partial charge in [0.1, 0.15) is 5.69 Å². The predicted octanol–water partition coefficient (Wildman–Crippen LogP) is 3.06. The number of rotatable bonds is 7. The second kappa shape index (κ2) is 7.49. The Hall–Kier alpha value is -2.03. The molecule has 0 atom stereocenters. The number of aromatic nitrogens is 3. The molecule has 0 aliphatic rings. The zero-order chi connectivity index (χ0) is 16.1. The molecule has 1 amide bonds. The summed E-state index contributed by atoms with van der Waals surface area (Å²) in [7, 11) is 1.99. The maximum atomic E-state index is 11.8. The Bertz CT molecular complexity index is 736. The van der Waals surface area contributed by atoms with Crippen LogP contribution in [0.25, 0.3) is 10.6 Å². The third kappa shape index (κ3) is 4.47. The van der Waals surface area contributed by atoms with E-state index in [1.165, 1.54) is 11.3 Å². The number of hydrogen-bond acceptors (Lipinski definition) is 6. The van der Waals surface area contributed by atoms with Crippen molar-refractivity contribution >= 4 is 33.7 Å². The van der Waals surface area contributed by atoms with Crippen LogP contribution in [0.2, 0.25) is 0 Å². The average molecular weight is 347 g/mol. The van der Waals surface area contributed by atoms with Crippen molar-refractivity contribution in [1.29, 1.82) is 0 Å². The Morgan fingerprint density at radius 2 is 2.30 bits per heavy atom. The van der Waals surface area contributed by atoms with Crippen molar-refractivity contribution in [2.45, 2.75) is 13.0 Å². The monoisotopic (exact) mass is 347 g/mol. The lowest BCUT2D eigenvalue weighted by Gasteiger charge is -2.14. The van der Waals surface area contributed by atoms with Crippen LogP contribution >= 0.6 is 22.7 Å². The second-order valence-electron chi connectivity index (χ2n) is 5.13. The molecule has 3 aromatic heterocycles. The Labute approximate surface area is 142 Å². The van der Waals surface area contributed by atoms with Crippen molar-refractivity contribution in [3.63, 3.8) is 0 Å². The summed E-state index contributed by atoms with van der Waals surface area (Å²) >= 11 is 3.09. The lowest BCUT2D eigenvalue weighted by Crippen LogP contribution is -2.24. The van der Waals surface area contributed by atoms with Crippen LogP contribution in [0.5, 0.6) is 0 Å². The molecule has 3 aromatic rings. The molecule has 0 radical (unpaired) electrons. The minimum atomic E-state index is -0.0179. The maximum Gasteiger partial charge on any atom is 0.227 e. The lowest BCUT2D eigenvalue weighted by molar-refractivity contribution is -0.116. The van der Waals surface area contributed by atoms with Gasteiger partial charge in [0, 0.05) is 36.8 Å². The number of H-pyrrole nitrogens is 1. The molecule has 6 nitrogen and oxygen atoms in total. The van der Waals surface area contributed by atoms with Gasteiger partial charge in [-0.3, -0.25) is 9.89 Å². The number of nitrogens with one attached hydrogen (secondary N) is 2. The highest BCUT2D eigenvalue weighted by Crippen LogP contribution is 2.23. The first-order chi connectivity index (χ1) is 11.2. The second-order valence-corrected chi connectivity index (χ2v) is 6.97. The van der Waals surface area contributed by atoms with Gasteiger partial charge in [-0.15, -0.1) is 22.7 Å². The largest absolute Gasteiger partial charge is 0.302 e. The highest BCUT2D eigenvalue weighted by Gasteiger charge is 2.09. The molecular formula is C15H17N5OS2. The van der Waals surface area contributed by atoms with Gasteiger partial charge >= 0.3 is 0 Å². The Balaban J connectivity index is 1.46. The molecule has 0 unspecified atom stereocenters. The number of carbonyl (C=O) groups excluding carboxylic acids is 1. The van der Waals surface area contributed by atoms with Crippen LogP contribution in [0, 0.1) is 0 Å². The van der Waals surface area contributed by atoms with Crippen LogP contribution in [-0.2, 0) is 11.3 Å². The fourth-order valence-corrected chi connectivity index (χ4v) is 3.35. The van der Waals surface area contributed by atoms with E-state index in [2.05, 4.69) is 37.5 Å². The van der Waals surface area contributed by atoms with Gasteiger partial charge in [-0.1, -0.05) is 6.07 Å². The Morgan fingerprint density at radius 1 is 1.39 bits per heavy atom. The minimum absolute atomic E-state index is 0.0179. The van der Waals surface area contributed by atoms with Gasteiger partial charge in [0.05, 0.1) is 4.88 Å². The first-order valence-corrected chi connectivity index (χ1v) is 8.92. The number of nitrogens with zero attached hydrogens (tertiary/aromatic N) is 3. The average Bonchev–Trinajstić information content (AvgIpc) is 3.27. The van der Waals surface area contributed by atoms with Gasteiger partial charge in [-0.2, -0.15) is 5.10 Å². The molecule has 120 valence electrons. The van der Waals surface area contributed by atoms with Crippen LogP contribution < -0.4 is 5.32 Å². The van der Waals surface area contributed by atoms with Crippen molar-refractivity contribution in [2.24, 2.45) is 0 Å². The number of hydrogen-bond donors (Lipinski definition) is 2. The van der Waals surface area contributed by atoms with Gasteiger partial charge in [0.25, 0.3) is 0 Å². The van der Waals surface area contributed by atoms with Gasteiger partial charge in [-0.05, 0) is 24.6 Å². The van der Waals surface area contributed by atoms with E-state index < -0.39 is 0 Å². The normalized spacial score (nSPS) is 11.0. The van der Waals surface area contributed by atoms with Gasteiger partial charge in [-0.25, -0.2) is 4.98 Å². The summed E-state index contributed by atoms with van der Waals surface area (Å²) < 4.78 is 0. The Kier molecular flexibility index (Phi) is 5.16. The molecule has 2 N–H and O–H groups in total. The summed E-state index contributed by atoms with van der Waals surface area (Å²) in [5.74, 6) is -0.0179. The minimum Gasteiger partial charge on any atom is -0.302 e. The van der Waals surface area contributed by atoms with Crippen molar-refractivity contribution in [3.05, 3.63) is 40.8 Å². The summed E-state index contributed by atoms with van der Waals surface area (Å²) in [6.07, 6.45) is 2.11. The number of aromatic amines is 1. The summed E-state index contributed by atoms with van der Waals surface area (Å²) in [4.78, 5) is 19.1. The first-order valence-electron chi connectivity index (χ1n) is 7.17. The van der Waals surface area contributed by atoms with Crippen molar-refractivity contribution in [3.8, 4) is 10.6 Å². The first kappa shape index (κ1) is 15.9. The SMILES string of the molecule is CN(CCC(=O)Nc1nccs1)Cc1cc(-c2cccs2)n[nH]1. The zero-order valence-electron chi connectivity index (χ0n) is 12.7. The zero-order valence-corrected chi connectivity index (χ0v) is 14.3. The molecule has 3 heterocycles. The smallest absolute Gasteiger partial charge is 0.227 e. The number of thiazole rings is 1. The van der Waals surface area contributed by atoms with Gasteiger partial charge in [0.15, 0.2) is 5.13 Å². The van der Waals surface area contributed by atoms with Crippen LogP contribution in [0.4, 0.5) is 5.13 Å². The van der Waals surface area contributed by atoms with Crippen LogP contribution in [-0.4, -0.2) is 39.6 Å². The molecule has 0 bridgehead atoms. The summed E-state index contributed by atoms with van der Waals surface area (Å²) in [6.45, 7) is 1.40. The van der Waals surface area contributed by atoms with Crippen molar-refractivity contribution in [2.75, 3.05) is 18.9 Å². The summed E-state index contributed by atoms with van der Waals surface area (Å²) in [5.41, 5.74) is 2.00. The van der Waals surface area contributed by atoms with Crippen molar-refractivity contribution in [1.82, 2.24) is 20.1 Å². The van der Waals surface area contributed by atoms with Crippen LogP contribution in [0.15, 0.2) is 35.2 Å². The number of carbonyl (C=O) groups is 1. The van der Waals surface area contributed by atoms with Crippen molar-refractivity contribution < 1.29 is 4.79 Å². The molecule has 3 rings (SSSR count). The summed E-state index contributed by atoms with van der Waals surface area (Å²) in [5, 5.41) is 14.7. The van der Waals surface area contributed by atoms with E-state index in [4.69, 9.17) is 0 Å². The molecule has 23 heavy (non-hydrogen) atoms.